The molecule has 0 fully saturated rings. The van der Waals surface area contributed by atoms with Crippen LogP contribution in [0.1, 0.15) is 40.0 Å². The number of amides is 4. The molecule has 14 nitrogen and oxygen atoms in total. The molecule has 0 aliphatic carbocycles. The van der Waals surface area contributed by atoms with Crippen LogP contribution >= 0.6 is 0 Å². The molecular weight excluding hydrogens is 430 g/mol. The summed E-state index contributed by atoms with van der Waals surface area (Å²) in [5, 5.41) is 34.2. The van der Waals surface area contributed by atoms with E-state index in [1.165, 1.54) is 20.8 Å². The number of carbonyl (C=O) groups excluding carboxylic acids is 4. The Labute approximate surface area is 184 Å². The highest BCUT2D eigenvalue weighted by Gasteiger charge is 2.33. The Morgan fingerprint density at radius 3 is 1.78 bits per heavy atom. The molecular formula is C18H31N5O9. The highest BCUT2D eigenvalue weighted by Crippen LogP contribution is 2.06. The quantitative estimate of drug-likeness (QED) is 0.127. The largest absolute Gasteiger partial charge is 0.481 e. The van der Waals surface area contributed by atoms with Crippen molar-refractivity contribution in [3.8, 4) is 0 Å². The van der Waals surface area contributed by atoms with Crippen LogP contribution in [-0.2, 0) is 28.8 Å². The zero-order valence-corrected chi connectivity index (χ0v) is 18.0. The van der Waals surface area contributed by atoms with E-state index in [0.29, 0.717) is 0 Å². The third-order valence-electron chi connectivity index (χ3n) is 4.38. The van der Waals surface area contributed by atoms with Crippen molar-refractivity contribution < 1.29 is 44.1 Å². The Hall–Kier alpha value is -3.26. The van der Waals surface area contributed by atoms with Crippen LogP contribution in [0.5, 0.6) is 0 Å². The molecule has 5 atom stereocenters. The van der Waals surface area contributed by atoms with E-state index in [0.717, 1.165) is 0 Å². The zero-order chi connectivity index (χ0) is 25.2. The normalized spacial score (nSPS) is 15.6. The van der Waals surface area contributed by atoms with E-state index in [1.807, 2.05) is 0 Å². The lowest BCUT2D eigenvalue weighted by Crippen LogP contribution is -2.59. The molecule has 0 aliphatic heterocycles. The zero-order valence-electron chi connectivity index (χ0n) is 18.0. The summed E-state index contributed by atoms with van der Waals surface area (Å²) >= 11 is 0. The van der Waals surface area contributed by atoms with Crippen molar-refractivity contribution in [3.05, 3.63) is 0 Å². The van der Waals surface area contributed by atoms with Gasteiger partial charge in [-0.1, -0.05) is 13.8 Å². The Kier molecular flexibility index (Phi) is 11.9. The van der Waals surface area contributed by atoms with Gasteiger partial charge in [0, 0.05) is 6.42 Å². The molecule has 0 aromatic carbocycles. The molecule has 0 radical (unpaired) electrons. The fourth-order valence-corrected chi connectivity index (χ4v) is 2.47. The van der Waals surface area contributed by atoms with Crippen molar-refractivity contribution >= 4 is 35.6 Å². The maximum Gasteiger partial charge on any atom is 0.326 e. The van der Waals surface area contributed by atoms with E-state index in [9.17, 15) is 39.0 Å². The van der Waals surface area contributed by atoms with Crippen LogP contribution in [0.15, 0.2) is 0 Å². The Morgan fingerprint density at radius 2 is 1.38 bits per heavy atom. The van der Waals surface area contributed by atoms with Crippen LogP contribution in [0.3, 0.4) is 0 Å². The monoisotopic (exact) mass is 461 g/mol. The molecule has 5 unspecified atom stereocenters. The van der Waals surface area contributed by atoms with Crippen LogP contribution in [0.25, 0.3) is 0 Å². The minimum Gasteiger partial charge on any atom is -0.481 e. The van der Waals surface area contributed by atoms with E-state index in [4.69, 9.17) is 16.6 Å². The lowest BCUT2D eigenvalue weighted by Gasteiger charge is -2.26. The van der Waals surface area contributed by atoms with E-state index >= 15 is 0 Å². The summed E-state index contributed by atoms with van der Waals surface area (Å²) in [6.45, 7) is 4.31. The van der Waals surface area contributed by atoms with Gasteiger partial charge in [0.15, 0.2) is 0 Å². The molecule has 0 heterocycles. The van der Waals surface area contributed by atoms with Gasteiger partial charge in [-0.3, -0.25) is 24.0 Å². The number of aliphatic hydroxyl groups excluding tert-OH is 1. The molecule has 0 aliphatic rings. The lowest BCUT2D eigenvalue weighted by atomic mass is 10.0. The molecule has 10 N–H and O–H groups in total. The first kappa shape index (κ1) is 28.7. The predicted molar refractivity (Wildman–Crippen MR) is 109 cm³/mol. The summed E-state index contributed by atoms with van der Waals surface area (Å²) in [5.74, 6) is -7.09. The second-order valence-electron chi connectivity index (χ2n) is 7.56. The number of nitrogens with two attached hydrogens (primary N) is 2. The van der Waals surface area contributed by atoms with Crippen molar-refractivity contribution in [3.63, 3.8) is 0 Å². The standard InChI is InChI=1S/C18H31N5O9/c1-7(2)14(17(30)21-9(18(31)32)4-5-11(19)25)23-15(28)10(6-12(26)27)22-16(29)13(20)8(3)24/h7-10,13-14,24H,4-6,20H2,1-3H3,(H2,19,25)(H,21,30)(H,22,29)(H,23,28)(H,26,27)(H,31,32). The van der Waals surface area contributed by atoms with Gasteiger partial charge in [0.2, 0.25) is 23.6 Å². The molecule has 0 saturated heterocycles. The molecule has 14 heteroatoms. The first-order chi connectivity index (χ1) is 14.7. The minimum atomic E-state index is -1.62. The number of carboxylic acids is 2. The fraction of sp³-hybridized carbons (Fsp3) is 0.667. The van der Waals surface area contributed by atoms with E-state index < -0.39 is 78.2 Å². The summed E-state index contributed by atoms with van der Waals surface area (Å²) in [7, 11) is 0. The second kappa shape index (κ2) is 13.2. The maximum atomic E-state index is 12.6. The highest BCUT2D eigenvalue weighted by atomic mass is 16.4. The Balaban J connectivity index is 5.45. The summed E-state index contributed by atoms with van der Waals surface area (Å²) < 4.78 is 0. The smallest absolute Gasteiger partial charge is 0.326 e. The third-order valence-corrected chi connectivity index (χ3v) is 4.38. The molecule has 0 saturated carbocycles. The molecule has 0 rings (SSSR count). The number of nitrogens with one attached hydrogen (secondary N) is 3. The summed E-state index contributed by atoms with van der Waals surface area (Å²) in [4.78, 5) is 70.6. The van der Waals surface area contributed by atoms with Gasteiger partial charge in [0.1, 0.15) is 24.2 Å². The number of carboxylic acid groups (broad SMARTS) is 2. The number of hydrogen-bond acceptors (Lipinski definition) is 8. The average Bonchev–Trinajstić information content (AvgIpc) is 2.66. The SMILES string of the molecule is CC(C)C(NC(=O)C(CC(=O)O)NC(=O)C(N)C(C)O)C(=O)NC(CCC(N)=O)C(=O)O. The average molecular weight is 461 g/mol. The molecule has 4 amide bonds. The number of rotatable bonds is 14. The van der Waals surface area contributed by atoms with Crippen LogP contribution in [0.2, 0.25) is 0 Å². The lowest BCUT2D eigenvalue weighted by molar-refractivity contribution is -0.144. The van der Waals surface area contributed by atoms with Gasteiger partial charge in [-0.25, -0.2) is 4.79 Å². The van der Waals surface area contributed by atoms with Crippen LogP contribution < -0.4 is 27.4 Å². The van der Waals surface area contributed by atoms with Crippen molar-refractivity contribution in [1.29, 1.82) is 0 Å². The van der Waals surface area contributed by atoms with Crippen molar-refractivity contribution in [2.45, 2.75) is 70.3 Å². The predicted octanol–water partition coefficient (Wildman–Crippen LogP) is -3.37. The van der Waals surface area contributed by atoms with Crippen molar-refractivity contribution in [1.82, 2.24) is 16.0 Å². The van der Waals surface area contributed by atoms with E-state index in [1.54, 1.807) is 0 Å². The number of carbonyl (C=O) groups is 6. The highest BCUT2D eigenvalue weighted by molar-refractivity contribution is 5.95. The third kappa shape index (κ3) is 10.2. The van der Waals surface area contributed by atoms with Gasteiger partial charge in [-0.2, -0.15) is 0 Å². The fourth-order valence-electron chi connectivity index (χ4n) is 2.47. The van der Waals surface area contributed by atoms with Gasteiger partial charge in [0.25, 0.3) is 0 Å². The minimum absolute atomic E-state index is 0.274. The van der Waals surface area contributed by atoms with Gasteiger partial charge >= 0.3 is 11.9 Å². The molecule has 0 spiro atoms. The summed E-state index contributed by atoms with van der Waals surface area (Å²) in [5.41, 5.74) is 10.5. The van der Waals surface area contributed by atoms with E-state index in [2.05, 4.69) is 16.0 Å². The van der Waals surface area contributed by atoms with Gasteiger partial charge in [0.05, 0.1) is 12.5 Å². The number of hydrogen-bond donors (Lipinski definition) is 8. The van der Waals surface area contributed by atoms with Gasteiger partial charge < -0.3 is 42.7 Å². The van der Waals surface area contributed by atoms with E-state index in [-0.39, 0.29) is 12.8 Å². The van der Waals surface area contributed by atoms with Gasteiger partial charge in [-0.15, -0.1) is 0 Å². The molecule has 0 aromatic heterocycles. The molecule has 0 aromatic rings. The first-order valence-electron chi connectivity index (χ1n) is 9.75. The van der Waals surface area contributed by atoms with Crippen molar-refractivity contribution in [2.24, 2.45) is 17.4 Å². The van der Waals surface area contributed by atoms with Gasteiger partial charge in [-0.05, 0) is 19.3 Å². The number of primary amides is 1. The summed E-state index contributed by atoms with van der Waals surface area (Å²) in [6, 6.07) is -5.79. The van der Waals surface area contributed by atoms with Crippen LogP contribution in [0, 0.1) is 5.92 Å². The second-order valence-corrected chi connectivity index (χ2v) is 7.56. The number of aliphatic carboxylic acids is 2. The maximum absolute atomic E-state index is 12.6. The first-order valence-corrected chi connectivity index (χ1v) is 9.75. The molecule has 32 heavy (non-hydrogen) atoms. The Bertz CT molecular complexity index is 726. The molecule has 0 bridgehead atoms. The van der Waals surface area contributed by atoms with Crippen molar-refractivity contribution in [2.75, 3.05) is 0 Å². The summed E-state index contributed by atoms with van der Waals surface area (Å²) in [6.07, 6.45) is -2.69. The topological polar surface area (TPSA) is 251 Å². The number of aliphatic hydroxyl groups is 1. The molecule has 182 valence electrons. The Morgan fingerprint density at radius 1 is 0.844 bits per heavy atom. The van der Waals surface area contributed by atoms with Crippen LogP contribution in [-0.4, -0.2) is 81.2 Å². The van der Waals surface area contributed by atoms with Crippen LogP contribution in [0.4, 0.5) is 0 Å².